The number of phenolic OH excluding ortho intramolecular Hbond substituents is 2. The van der Waals surface area contributed by atoms with E-state index >= 15 is 0 Å². The first-order valence-electron chi connectivity index (χ1n) is 8.22. The van der Waals surface area contributed by atoms with Crippen molar-refractivity contribution in [2.45, 2.75) is 6.42 Å². The smallest absolute Gasteiger partial charge is 0.115 e. The average molecular weight is 430 g/mol. The van der Waals surface area contributed by atoms with Gasteiger partial charge in [0, 0.05) is 10.4 Å². The van der Waals surface area contributed by atoms with Crippen molar-refractivity contribution in [3.8, 4) is 11.5 Å². The van der Waals surface area contributed by atoms with Crippen LogP contribution in [0.15, 0.2) is 77.3 Å². The molecule has 0 saturated heterocycles. The highest BCUT2D eigenvalue weighted by Gasteiger charge is 2.14. The normalized spacial score (nSPS) is 10.5. The SMILES string of the molecule is Oc1ccc(C(=C(CCCl)c2ccc(Br)cc2)c2ccc(O)cc2)cc1. The molecule has 0 fully saturated rings. The number of alkyl halides is 1. The van der Waals surface area contributed by atoms with Crippen LogP contribution in [0.3, 0.4) is 0 Å². The molecule has 2 nitrogen and oxygen atoms in total. The van der Waals surface area contributed by atoms with Crippen LogP contribution in [0.25, 0.3) is 11.1 Å². The second kappa shape index (κ2) is 8.43. The first-order chi connectivity index (χ1) is 12.6. The molecule has 3 aromatic rings. The van der Waals surface area contributed by atoms with Crippen LogP contribution in [-0.2, 0) is 0 Å². The van der Waals surface area contributed by atoms with E-state index in [1.165, 1.54) is 0 Å². The van der Waals surface area contributed by atoms with Crippen LogP contribution in [-0.4, -0.2) is 16.1 Å². The van der Waals surface area contributed by atoms with Gasteiger partial charge in [0.15, 0.2) is 0 Å². The highest BCUT2D eigenvalue weighted by Crippen LogP contribution is 2.36. The first-order valence-corrected chi connectivity index (χ1v) is 9.55. The fourth-order valence-electron chi connectivity index (χ4n) is 2.93. The Morgan fingerprint density at radius 2 is 1.12 bits per heavy atom. The Kier molecular flexibility index (Phi) is 6.02. The minimum atomic E-state index is 0.223. The number of rotatable bonds is 5. The summed E-state index contributed by atoms with van der Waals surface area (Å²) in [7, 11) is 0. The second-order valence-electron chi connectivity index (χ2n) is 5.89. The molecule has 132 valence electrons. The van der Waals surface area contributed by atoms with Gasteiger partial charge in [0.25, 0.3) is 0 Å². The average Bonchev–Trinajstić information content (AvgIpc) is 2.65. The monoisotopic (exact) mass is 428 g/mol. The van der Waals surface area contributed by atoms with E-state index in [0.29, 0.717) is 12.3 Å². The fraction of sp³-hybridized carbons (Fsp3) is 0.0909. The molecular weight excluding hydrogens is 412 g/mol. The lowest BCUT2D eigenvalue weighted by Crippen LogP contribution is -1.96. The van der Waals surface area contributed by atoms with Crippen LogP contribution in [0.1, 0.15) is 23.1 Å². The van der Waals surface area contributed by atoms with Gasteiger partial charge in [-0.15, -0.1) is 11.6 Å². The van der Waals surface area contributed by atoms with E-state index in [1.807, 2.05) is 36.4 Å². The lowest BCUT2D eigenvalue weighted by Gasteiger charge is -2.17. The van der Waals surface area contributed by atoms with E-state index in [4.69, 9.17) is 11.6 Å². The van der Waals surface area contributed by atoms with Gasteiger partial charge in [0.05, 0.1) is 0 Å². The third-order valence-corrected chi connectivity index (χ3v) is 4.87. The van der Waals surface area contributed by atoms with E-state index in [0.717, 1.165) is 32.3 Å². The summed E-state index contributed by atoms with van der Waals surface area (Å²) in [5.74, 6) is 0.938. The highest BCUT2D eigenvalue weighted by atomic mass is 79.9. The molecule has 3 aromatic carbocycles. The molecule has 0 heterocycles. The number of allylic oxidation sites excluding steroid dienone is 1. The predicted molar refractivity (Wildman–Crippen MR) is 112 cm³/mol. The zero-order chi connectivity index (χ0) is 18.5. The summed E-state index contributed by atoms with van der Waals surface area (Å²) in [5.41, 5.74) is 5.20. The number of phenols is 2. The molecule has 26 heavy (non-hydrogen) atoms. The molecular formula is C22H18BrClO2. The summed E-state index contributed by atoms with van der Waals surface area (Å²) in [6.45, 7) is 0. The van der Waals surface area contributed by atoms with Crippen LogP contribution in [0, 0.1) is 0 Å². The Bertz CT molecular complexity index is 851. The standard InChI is InChI=1S/C22H18BrClO2/c23-18-7-1-15(2-8-18)21(13-14-24)22(16-3-9-19(25)10-4-16)17-5-11-20(26)12-6-17/h1-12,25-26H,13-14H2. The van der Waals surface area contributed by atoms with Crippen molar-refractivity contribution in [2.75, 3.05) is 5.88 Å². The quantitative estimate of drug-likeness (QED) is 0.361. The van der Waals surface area contributed by atoms with Crippen LogP contribution in [0.5, 0.6) is 11.5 Å². The molecule has 0 aliphatic rings. The van der Waals surface area contributed by atoms with Crippen LogP contribution >= 0.6 is 27.5 Å². The number of benzene rings is 3. The van der Waals surface area contributed by atoms with Crippen molar-refractivity contribution in [3.63, 3.8) is 0 Å². The van der Waals surface area contributed by atoms with Crippen LogP contribution in [0.4, 0.5) is 0 Å². The summed E-state index contributed by atoms with van der Waals surface area (Å²) < 4.78 is 1.02. The number of halogens is 2. The molecule has 0 atom stereocenters. The summed E-state index contributed by atoms with van der Waals surface area (Å²) >= 11 is 9.60. The number of hydrogen-bond acceptors (Lipinski definition) is 2. The molecule has 2 N–H and O–H groups in total. The molecule has 0 aliphatic heterocycles. The van der Waals surface area contributed by atoms with Gasteiger partial charge in [-0.1, -0.05) is 52.3 Å². The Labute approximate surface area is 166 Å². The Morgan fingerprint density at radius 3 is 1.54 bits per heavy atom. The maximum Gasteiger partial charge on any atom is 0.115 e. The molecule has 0 amide bonds. The molecule has 4 heteroatoms. The second-order valence-corrected chi connectivity index (χ2v) is 7.19. The largest absolute Gasteiger partial charge is 0.508 e. The van der Waals surface area contributed by atoms with Gasteiger partial charge in [-0.3, -0.25) is 0 Å². The van der Waals surface area contributed by atoms with Crippen molar-refractivity contribution in [3.05, 3.63) is 94.0 Å². The van der Waals surface area contributed by atoms with Crippen molar-refractivity contribution >= 4 is 38.7 Å². The zero-order valence-corrected chi connectivity index (χ0v) is 16.3. The Balaban J connectivity index is 2.26. The number of aromatic hydroxyl groups is 2. The van der Waals surface area contributed by atoms with Crippen LogP contribution in [0.2, 0.25) is 0 Å². The van der Waals surface area contributed by atoms with Gasteiger partial charge in [-0.05, 0) is 70.7 Å². The Hall–Kier alpha value is -2.23. The minimum absolute atomic E-state index is 0.223. The first kappa shape index (κ1) is 18.6. The van der Waals surface area contributed by atoms with Gasteiger partial charge in [-0.2, -0.15) is 0 Å². The number of hydrogen-bond donors (Lipinski definition) is 2. The minimum Gasteiger partial charge on any atom is -0.508 e. The van der Waals surface area contributed by atoms with Crippen LogP contribution < -0.4 is 0 Å². The van der Waals surface area contributed by atoms with Gasteiger partial charge in [0.2, 0.25) is 0 Å². The molecule has 0 aromatic heterocycles. The molecule has 0 bridgehead atoms. The predicted octanol–water partition coefficient (Wildman–Crippen LogP) is 6.45. The van der Waals surface area contributed by atoms with E-state index in [1.54, 1.807) is 24.3 Å². The third-order valence-electron chi connectivity index (χ3n) is 4.15. The van der Waals surface area contributed by atoms with E-state index in [2.05, 4.69) is 28.1 Å². The van der Waals surface area contributed by atoms with Gasteiger partial charge in [-0.25, -0.2) is 0 Å². The van der Waals surface area contributed by atoms with E-state index < -0.39 is 0 Å². The van der Waals surface area contributed by atoms with Crippen molar-refractivity contribution < 1.29 is 10.2 Å². The zero-order valence-electron chi connectivity index (χ0n) is 14.0. The third kappa shape index (κ3) is 4.29. The van der Waals surface area contributed by atoms with E-state index in [9.17, 15) is 10.2 Å². The van der Waals surface area contributed by atoms with Gasteiger partial charge >= 0.3 is 0 Å². The summed E-state index contributed by atoms with van der Waals surface area (Å²) in [5, 5.41) is 19.3. The molecule has 0 radical (unpaired) electrons. The topological polar surface area (TPSA) is 40.5 Å². The summed E-state index contributed by atoms with van der Waals surface area (Å²) in [4.78, 5) is 0. The van der Waals surface area contributed by atoms with Crippen molar-refractivity contribution in [1.82, 2.24) is 0 Å². The molecule has 0 aliphatic carbocycles. The van der Waals surface area contributed by atoms with Crippen molar-refractivity contribution in [1.29, 1.82) is 0 Å². The lowest BCUT2D eigenvalue weighted by atomic mass is 9.88. The van der Waals surface area contributed by atoms with Gasteiger partial charge in [0.1, 0.15) is 11.5 Å². The summed E-state index contributed by atoms with van der Waals surface area (Å²) in [6.07, 6.45) is 0.695. The molecule has 0 unspecified atom stereocenters. The molecule has 0 spiro atoms. The molecule has 3 rings (SSSR count). The highest BCUT2D eigenvalue weighted by molar-refractivity contribution is 9.10. The van der Waals surface area contributed by atoms with E-state index in [-0.39, 0.29) is 11.5 Å². The maximum absolute atomic E-state index is 9.66. The van der Waals surface area contributed by atoms with Crippen molar-refractivity contribution in [2.24, 2.45) is 0 Å². The van der Waals surface area contributed by atoms with Gasteiger partial charge < -0.3 is 10.2 Å². The Morgan fingerprint density at radius 1 is 0.692 bits per heavy atom. The summed E-state index contributed by atoms with van der Waals surface area (Å²) in [6, 6.07) is 22.4. The molecule has 0 saturated carbocycles. The fourth-order valence-corrected chi connectivity index (χ4v) is 3.38. The lowest BCUT2D eigenvalue weighted by molar-refractivity contribution is 0.475. The maximum atomic E-state index is 9.66.